The maximum Gasteiger partial charge on any atom is 0.261 e. The molecule has 0 spiro atoms. The molecule has 1 aromatic rings. The van der Waals surface area contributed by atoms with Crippen molar-refractivity contribution in [2.45, 2.75) is 38.6 Å². The molecule has 2 N–H and O–H groups in total. The summed E-state index contributed by atoms with van der Waals surface area (Å²) in [5.74, 6) is 6.50. The Hall–Kier alpha value is -1.31. The van der Waals surface area contributed by atoms with Crippen LogP contribution >= 0.6 is 11.3 Å². The molecule has 0 aromatic carbocycles. The Balaban J connectivity index is 1.85. The van der Waals surface area contributed by atoms with Gasteiger partial charge in [-0.15, -0.1) is 11.3 Å². The van der Waals surface area contributed by atoms with Crippen molar-refractivity contribution in [2.75, 3.05) is 6.61 Å². The lowest BCUT2D eigenvalue weighted by molar-refractivity contribution is 0.0953. The molecule has 1 fully saturated rings. The second-order valence-corrected chi connectivity index (χ2v) is 5.89. The topological polar surface area (TPSA) is 49.3 Å². The summed E-state index contributed by atoms with van der Waals surface area (Å²) in [6, 6.07) is 4.05. The Morgan fingerprint density at radius 2 is 2.42 bits per heavy atom. The minimum Gasteiger partial charge on any atom is -0.395 e. The lowest BCUT2D eigenvalue weighted by Gasteiger charge is -2.01. The predicted molar refractivity (Wildman–Crippen MR) is 77.2 cm³/mol. The number of hydrogen-bond acceptors (Lipinski definition) is 3. The monoisotopic (exact) mass is 277 g/mol. The first-order valence-corrected chi connectivity index (χ1v) is 7.56. The van der Waals surface area contributed by atoms with Gasteiger partial charge in [-0.2, -0.15) is 0 Å². The number of carbonyl (C=O) groups excluding carboxylic acids is 1. The van der Waals surface area contributed by atoms with Gasteiger partial charge in [-0.3, -0.25) is 4.79 Å². The number of aliphatic hydroxyl groups is 1. The molecule has 102 valence electrons. The van der Waals surface area contributed by atoms with Crippen molar-refractivity contribution >= 4 is 17.2 Å². The largest absolute Gasteiger partial charge is 0.395 e. The summed E-state index contributed by atoms with van der Waals surface area (Å²) in [7, 11) is 0. The highest BCUT2D eigenvalue weighted by molar-refractivity contribution is 7.14. The summed E-state index contributed by atoms with van der Waals surface area (Å²) in [6.45, 7) is 2.25. The zero-order chi connectivity index (χ0) is 13.7. The molecule has 0 radical (unpaired) electrons. The maximum absolute atomic E-state index is 12.0. The minimum atomic E-state index is 0.0174. The van der Waals surface area contributed by atoms with Crippen molar-refractivity contribution < 1.29 is 9.90 Å². The first-order chi connectivity index (χ1) is 9.24. The van der Waals surface area contributed by atoms with Gasteiger partial charge in [0.25, 0.3) is 5.91 Å². The molecule has 2 atom stereocenters. The maximum atomic E-state index is 12.0. The van der Waals surface area contributed by atoms with Crippen LogP contribution < -0.4 is 5.32 Å². The zero-order valence-corrected chi connectivity index (χ0v) is 11.9. The first kappa shape index (κ1) is 14.1. The number of hydrogen-bond donors (Lipinski definition) is 2. The summed E-state index contributed by atoms with van der Waals surface area (Å²) >= 11 is 1.41. The van der Waals surface area contributed by atoms with Crippen molar-refractivity contribution in [3.05, 3.63) is 21.9 Å². The van der Waals surface area contributed by atoms with E-state index in [1.165, 1.54) is 24.2 Å². The van der Waals surface area contributed by atoms with Gasteiger partial charge in [-0.1, -0.05) is 25.2 Å². The minimum absolute atomic E-state index is 0.0174. The van der Waals surface area contributed by atoms with Crippen LogP contribution in [0.4, 0.5) is 0 Å². The fourth-order valence-corrected chi connectivity index (χ4v) is 2.87. The molecule has 4 heteroatoms. The van der Waals surface area contributed by atoms with Gasteiger partial charge < -0.3 is 10.4 Å². The van der Waals surface area contributed by atoms with Crippen LogP contribution in [-0.4, -0.2) is 23.7 Å². The van der Waals surface area contributed by atoms with Crippen molar-refractivity contribution in [3.8, 4) is 11.8 Å². The molecule has 2 unspecified atom stereocenters. The normalized spacial score (nSPS) is 20.5. The van der Waals surface area contributed by atoms with E-state index in [0.717, 1.165) is 16.2 Å². The van der Waals surface area contributed by atoms with Crippen LogP contribution in [0, 0.1) is 17.8 Å². The van der Waals surface area contributed by atoms with Gasteiger partial charge in [0.05, 0.1) is 16.4 Å². The lowest BCUT2D eigenvalue weighted by Crippen LogP contribution is -2.25. The molecule has 1 aromatic heterocycles. The average Bonchev–Trinajstić information content (AvgIpc) is 2.93. The molecule has 3 nitrogen and oxygen atoms in total. The van der Waals surface area contributed by atoms with E-state index < -0.39 is 0 Å². The van der Waals surface area contributed by atoms with E-state index in [2.05, 4.69) is 24.1 Å². The van der Waals surface area contributed by atoms with E-state index in [4.69, 9.17) is 5.11 Å². The molecular formula is C15H19NO2S. The van der Waals surface area contributed by atoms with E-state index in [9.17, 15) is 4.79 Å². The van der Waals surface area contributed by atoms with Crippen LogP contribution in [0.5, 0.6) is 0 Å². The summed E-state index contributed by atoms with van der Waals surface area (Å²) in [6.07, 6.45) is 3.97. The standard InChI is InChI=1S/C15H19NO2S/c1-2-5-11-10-13(11)16-15(18)14-8-7-12(19-14)6-3-4-9-17/h7-8,11,13,17H,2,4-5,9-10H2,1H3,(H,16,18). The Bertz CT molecular complexity index is 498. The number of thiophene rings is 1. The summed E-state index contributed by atoms with van der Waals surface area (Å²) in [5.41, 5.74) is 0. The van der Waals surface area contributed by atoms with E-state index >= 15 is 0 Å². The van der Waals surface area contributed by atoms with Crippen LogP contribution in [0.15, 0.2) is 12.1 Å². The van der Waals surface area contributed by atoms with E-state index in [-0.39, 0.29) is 12.5 Å². The number of carbonyl (C=O) groups is 1. The summed E-state index contributed by atoms with van der Waals surface area (Å²) < 4.78 is 0. The molecule has 1 heterocycles. The molecule has 1 saturated carbocycles. The SMILES string of the molecule is CCCC1CC1NC(=O)c1ccc(C#CCCO)s1. The van der Waals surface area contributed by atoms with Gasteiger partial charge in [0.1, 0.15) is 0 Å². The average molecular weight is 277 g/mol. The number of aliphatic hydroxyl groups excluding tert-OH is 1. The van der Waals surface area contributed by atoms with Crippen LogP contribution in [0.2, 0.25) is 0 Å². The van der Waals surface area contributed by atoms with E-state index in [1.807, 2.05) is 12.1 Å². The van der Waals surface area contributed by atoms with Crippen LogP contribution in [0.3, 0.4) is 0 Å². The quantitative estimate of drug-likeness (QED) is 0.812. The van der Waals surface area contributed by atoms with Crippen LogP contribution in [0.1, 0.15) is 47.2 Å². The molecule has 0 bridgehead atoms. The third-order valence-corrected chi connectivity index (χ3v) is 4.18. The fourth-order valence-electron chi connectivity index (χ4n) is 2.09. The molecule has 19 heavy (non-hydrogen) atoms. The van der Waals surface area contributed by atoms with Gasteiger partial charge in [-0.05, 0) is 30.9 Å². The lowest BCUT2D eigenvalue weighted by atomic mass is 10.2. The summed E-state index contributed by atoms with van der Waals surface area (Å²) in [4.78, 5) is 13.6. The van der Waals surface area contributed by atoms with Crippen molar-refractivity contribution in [3.63, 3.8) is 0 Å². The van der Waals surface area contributed by atoms with Crippen LogP contribution in [-0.2, 0) is 0 Å². The molecular weight excluding hydrogens is 258 g/mol. The van der Waals surface area contributed by atoms with Gasteiger partial charge in [0, 0.05) is 12.5 Å². The van der Waals surface area contributed by atoms with E-state index in [0.29, 0.717) is 18.4 Å². The second kappa shape index (κ2) is 6.74. The third-order valence-electron chi connectivity index (χ3n) is 3.18. The van der Waals surface area contributed by atoms with Gasteiger partial charge in [-0.25, -0.2) is 0 Å². The smallest absolute Gasteiger partial charge is 0.261 e. The predicted octanol–water partition coefficient (Wildman–Crippen LogP) is 2.40. The molecule has 1 amide bonds. The highest BCUT2D eigenvalue weighted by atomic mass is 32.1. The Labute approximate surface area is 118 Å². The van der Waals surface area contributed by atoms with Gasteiger partial charge >= 0.3 is 0 Å². The zero-order valence-electron chi connectivity index (χ0n) is 11.1. The number of rotatable bonds is 5. The summed E-state index contributed by atoms with van der Waals surface area (Å²) in [5, 5.41) is 11.7. The highest BCUT2D eigenvalue weighted by Gasteiger charge is 2.37. The molecule has 2 rings (SSSR count). The Morgan fingerprint density at radius 3 is 3.16 bits per heavy atom. The van der Waals surface area contributed by atoms with Gasteiger partial charge in [0.2, 0.25) is 0 Å². The van der Waals surface area contributed by atoms with Crippen molar-refractivity contribution in [1.29, 1.82) is 0 Å². The number of nitrogens with one attached hydrogen (secondary N) is 1. The third kappa shape index (κ3) is 4.09. The van der Waals surface area contributed by atoms with Crippen LogP contribution in [0.25, 0.3) is 0 Å². The van der Waals surface area contributed by atoms with Gasteiger partial charge in [0.15, 0.2) is 0 Å². The Kier molecular flexibility index (Phi) is 5.00. The molecule has 1 aliphatic carbocycles. The first-order valence-electron chi connectivity index (χ1n) is 6.75. The molecule has 0 saturated heterocycles. The second-order valence-electron chi connectivity index (χ2n) is 4.80. The highest BCUT2D eigenvalue weighted by Crippen LogP contribution is 2.34. The van der Waals surface area contributed by atoms with Crippen molar-refractivity contribution in [1.82, 2.24) is 5.32 Å². The van der Waals surface area contributed by atoms with Crippen molar-refractivity contribution in [2.24, 2.45) is 5.92 Å². The fraction of sp³-hybridized carbons (Fsp3) is 0.533. The molecule has 1 aliphatic rings. The van der Waals surface area contributed by atoms with E-state index in [1.54, 1.807) is 0 Å². The molecule has 0 aliphatic heterocycles. The Morgan fingerprint density at radius 1 is 1.58 bits per heavy atom. The number of amides is 1.